The van der Waals surface area contributed by atoms with Crippen LogP contribution in [0.5, 0.6) is 0 Å². The summed E-state index contributed by atoms with van der Waals surface area (Å²) in [6, 6.07) is 2.06. The number of carboxylic acids is 1. The number of aliphatic carboxylic acids is 1. The van der Waals surface area contributed by atoms with Crippen LogP contribution in [0.3, 0.4) is 0 Å². The Kier molecular flexibility index (Phi) is 4.94. The minimum Gasteiger partial charge on any atom is -0.481 e. The number of hydrogen-bond donors (Lipinski definition) is 1. The van der Waals surface area contributed by atoms with Crippen LogP contribution in [0.15, 0.2) is 11.4 Å². The Balaban J connectivity index is 1.32. The maximum absolute atomic E-state index is 12.6. The predicted octanol–water partition coefficient (Wildman–Crippen LogP) is 1.36. The Bertz CT molecular complexity index is 763. The fraction of sp³-hybridized carbons (Fsp3) is 0.632. The van der Waals surface area contributed by atoms with Crippen molar-refractivity contribution in [1.29, 1.82) is 0 Å². The molecule has 2 fully saturated rings. The lowest BCUT2D eigenvalue weighted by Crippen LogP contribution is -2.45. The molecule has 8 heteroatoms. The van der Waals surface area contributed by atoms with Gasteiger partial charge in [0.05, 0.1) is 12.0 Å². The lowest BCUT2D eigenvalue weighted by molar-refractivity contribution is -0.157. The monoisotopic (exact) mass is 392 g/mol. The molecule has 1 aromatic heterocycles. The van der Waals surface area contributed by atoms with E-state index in [1.807, 2.05) is 4.90 Å². The van der Waals surface area contributed by atoms with Gasteiger partial charge in [-0.1, -0.05) is 0 Å². The zero-order chi connectivity index (χ0) is 19.0. The van der Waals surface area contributed by atoms with Gasteiger partial charge in [-0.3, -0.25) is 14.4 Å². The van der Waals surface area contributed by atoms with Gasteiger partial charge in [0.2, 0.25) is 11.8 Å². The molecule has 0 unspecified atom stereocenters. The van der Waals surface area contributed by atoms with Crippen LogP contribution in [0.4, 0.5) is 0 Å². The Labute approximate surface area is 161 Å². The highest BCUT2D eigenvalue weighted by atomic mass is 32.1. The van der Waals surface area contributed by atoms with Gasteiger partial charge in [-0.05, 0) is 29.9 Å². The van der Waals surface area contributed by atoms with Crippen molar-refractivity contribution in [2.45, 2.75) is 32.2 Å². The Morgan fingerprint density at radius 3 is 2.78 bits per heavy atom. The van der Waals surface area contributed by atoms with Gasteiger partial charge in [0, 0.05) is 56.4 Å². The van der Waals surface area contributed by atoms with E-state index in [1.165, 1.54) is 10.4 Å². The van der Waals surface area contributed by atoms with Gasteiger partial charge in [0.25, 0.3) is 0 Å². The number of thiophene rings is 1. The molecule has 1 aromatic rings. The van der Waals surface area contributed by atoms with E-state index in [4.69, 9.17) is 4.74 Å². The van der Waals surface area contributed by atoms with E-state index in [2.05, 4.69) is 11.4 Å². The van der Waals surface area contributed by atoms with Crippen LogP contribution in [-0.2, 0) is 32.1 Å². The normalized spacial score (nSPS) is 27.2. The largest absolute Gasteiger partial charge is 0.481 e. The van der Waals surface area contributed by atoms with Gasteiger partial charge in [-0.25, -0.2) is 0 Å². The second kappa shape index (κ2) is 7.24. The van der Waals surface area contributed by atoms with Crippen LogP contribution in [0, 0.1) is 11.3 Å². The highest BCUT2D eigenvalue weighted by molar-refractivity contribution is 7.10. The number of carboxylic acid groups (broad SMARTS) is 1. The fourth-order valence-corrected chi connectivity index (χ4v) is 5.37. The maximum atomic E-state index is 12.6. The van der Waals surface area contributed by atoms with Crippen LogP contribution in [0.25, 0.3) is 0 Å². The maximum Gasteiger partial charge on any atom is 0.311 e. The lowest BCUT2D eigenvalue weighted by Gasteiger charge is -2.33. The average molecular weight is 392 g/mol. The number of carbonyl (C=O) groups is 3. The first-order valence-electron chi connectivity index (χ1n) is 9.41. The van der Waals surface area contributed by atoms with E-state index in [0.717, 1.165) is 6.42 Å². The Morgan fingerprint density at radius 1 is 1.26 bits per heavy atom. The zero-order valence-electron chi connectivity index (χ0n) is 15.2. The highest BCUT2D eigenvalue weighted by Gasteiger charge is 2.54. The average Bonchev–Trinajstić information content (AvgIpc) is 3.29. The van der Waals surface area contributed by atoms with Crippen LogP contribution >= 0.6 is 11.3 Å². The molecule has 0 bridgehead atoms. The molecule has 2 saturated heterocycles. The molecule has 0 saturated carbocycles. The first-order chi connectivity index (χ1) is 13.0. The van der Waals surface area contributed by atoms with Crippen molar-refractivity contribution in [2.24, 2.45) is 11.3 Å². The molecule has 3 aliphatic heterocycles. The van der Waals surface area contributed by atoms with Crippen LogP contribution in [-0.4, -0.2) is 65.5 Å². The first kappa shape index (κ1) is 18.4. The Morgan fingerprint density at radius 2 is 2.04 bits per heavy atom. The number of carbonyl (C=O) groups excluding carboxylic acids is 2. The van der Waals surface area contributed by atoms with Gasteiger partial charge in [-0.2, -0.15) is 0 Å². The molecular formula is C19H24N2O5S. The number of ether oxygens (including phenoxy) is 1. The summed E-state index contributed by atoms with van der Waals surface area (Å²) in [7, 11) is 0. The summed E-state index contributed by atoms with van der Waals surface area (Å²) in [6.45, 7) is 2.75. The molecule has 1 N–H and O–H groups in total. The summed E-state index contributed by atoms with van der Waals surface area (Å²) in [4.78, 5) is 41.7. The molecule has 0 radical (unpaired) electrons. The van der Waals surface area contributed by atoms with Gasteiger partial charge >= 0.3 is 5.97 Å². The lowest BCUT2D eigenvalue weighted by atomic mass is 9.74. The highest BCUT2D eigenvalue weighted by Crippen LogP contribution is 2.42. The van der Waals surface area contributed by atoms with Gasteiger partial charge in [0.1, 0.15) is 0 Å². The number of nitrogens with zero attached hydrogens (tertiary/aromatic N) is 2. The van der Waals surface area contributed by atoms with Crippen molar-refractivity contribution in [3.63, 3.8) is 0 Å². The number of fused-ring (bicyclic) bond motifs is 2. The van der Waals surface area contributed by atoms with Crippen molar-refractivity contribution < 1.29 is 24.2 Å². The number of hydrogen-bond acceptors (Lipinski definition) is 5. The topological polar surface area (TPSA) is 87.1 Å². The molecule has 3 aliphatic rings. The number of rotatable bonds is 4. The zero-order valence-corrected chi connectivity index (χ0v) is 16.0. The molecule has 4 heterocycles. The van der Waals surface area contributed by atoms with E-state index >= 15 is 0 Å². The van der Waals surface area contributed by atoms with Crippen molar-refractivity contribution in [3.05, 3.63) is 21.9 Å². The second-order valence-electron chi connectivity index (χ2n) is 7.69. The standard InChI is InChI=1S/C19H24N2O5S/c22-16(20-6-3-15-13(9-20)4-8-27-15)1-2-17(23)21-10-14-11-26-7-5-19(14,12-21)18(24)25/h4,8,14H,1-3,5-7,9-12H2,(H,24,25)/t14-,19+/m0/s1. The molecule has 4 rings (SSSR count). The second-order valence-corrected chi connectivity index (χ2v) is 8.69. The molecule has 0 aliphatic carbocycles. The van der Waals surface area contributed by atoms with E-state index in [-0.39, 0.29) is 37.1 Å². The molecule has 7 nitrogen and oxygen atoms in total. The summed E-state index contributed by atoms with van der Waals surface area (Å²) in [5.74, 6) is -1.15. The summed E-state index contributed by atoms with van der Waals surface area (Å²) in [6.07, 6.45) is 1.62. The SMILES string of the molecule is O=C(CCC(=O)N1C[C@H]2COCC[C@@]2(C(=O)O)C1)N1CCc2sccc2C1. The summed E-state index contributed by atoms with van der Waals surface area (Å²) < 4.78 is 5.43. The predicted molar refractivity (Wildman–Crippen MR) is 98.2 cm³/mol. The molecular weight excluding hydrogens is 368 g/mol. The molecule has 2 amide bonds. The molecule has 2 atom stereocenters. The van der Waals surface area contributed by atoms with E-state index in [0.29, 0.717) is 39.3 Å². The molecule has 0 aromatic carbocycles. The summed E-state index contributed by atoms with van der Waals surface area (Å²) in [5, 5.41) is 11.7. The van der Waals surface area contributed by atoms with Gasteiger partial charge in [0.15, 0.2) is 0 Å². The van der Waals surface area contributed by atoms with Gasteiger partial charge in [-0.15, -0.1) is 11.3 Å². The summed E-state index contributed by atoms with van der Waals surface area (Å²) >= 11 is 1.73. The van der Waals surface area contributed by atoms with Crippen molar-refractivity contribution >= 4 is 29.1 Å². The van der Waals surface area contributed by atoms with E-state index < -0.39 is 11.4 Å². The smallest absolute Gasteiger partial charge is 0.311 e. The third-order valence-electron chi connectivity index (χ3n) is 6.20. The minimum atomic E-state index is -0.889. The third-order valence-corrected chi connectivity index (χ3v) is 7.22. The first-order valence-corrected chi connectivity index (χ1v) is 10.3. The molecule has 146 valence electrons. The van der Waals surface area contributed by atoms with Crippen LogP contribution < -0.4 is 0 Å². The quantitative estimate of drug-likeness (QED) is 0.836. The van der Waals surface area contributed by atoms with Crippen molar-refractivity contribution in [3.8, 4) is 0 Å². The minimum absolute atomic E-state index is 0.00639. The van der Waals surface area contributed by atoms with Gasteiger partial charge < -0.3 is 19.6 Å². The van der Waals surface area contributed by atoms with Crippen molar-refractivity contribution in [1.82, 2.24) is 9.80 Å². The number of amides is 2. The number of likely N-dealkylation sites (tertiary alicyclic amines) is 1. The van der Waals surface area contributed by atoms with Crippen LogP contribution in [0.2, 0.25) is 0 Å². The summed E-state index contributed by atoms with van der Waals surface area (Å²) in [5.41, 5.74) is 0.318. The molecule has 27 heavy (non-hydrogen) atoms. The van der Waals surface area contributed by atoms with E-state index in [9.17, 15) is 19.5 Å². The molecule has 0 spiro atoms. The van der Waals surface area contributed by atoms with E-state index in [1.54, 1.807) is 16.2 Å². The fourth-order valence-electron chi connectivity index (χ4n) is 4.48. The Hall–Kier alpha value is -1.93. The van der Waals surface area contributed by atoms with Crippen LogP contribution in [0.1, 0.15) is 29.7 Å². The third kappa shape index (κ3) is 3.36. The van der Waals surface area contributed by atoms with Crippen molar-refractivity contribution in [2.75, 3.05) is 32.8 Å².